The normalized spacial score (nSPS) is 12.5. The van der Waals surface area contributed by atoms with Crippen LogP contribution in [0.25, 0.3) is 0 Å². The molecule has 14 heavy (non-hydrogen) atoms. The minimum Gasteiger partial charge on any atom is -0.396 e. The summed E-state index contributed by atoms with van der Waals surface area (Å²) in [5.41, 5.74) is 0. The van der Waals surface area contributed by atoms with Crippen molar-refractivity contribution in [2.24, 2.45) is 0 Å². The van der Waals surface area contributed by atoms with Gasteiger partial charge >= 0.3 is 0 Å². The van der Waals surface area contributed by atoms with Gasteiger partial charge in [-0.1, -0.05) is 11.6 Å². The number of halogens is 1. The summed E-state index contributed by atoms with van der Waals surface area (Å²) in [6, 6.07) is 0.233. The summed E-state index contributed by atoms with van der Waals surface area (Å²) in [6.07, 6.45) is 4.79. The molecular weight excluding hydrogens is 202 g/mol. The number of anilines is 1. The Kier molecular flexibility index (Phi) is 4.62. The van der Waals surface area contributed by atoms with Crippen molar-refractivity contribution in [1.29, 1.82) is 0 Å². The molecule has 0 aliphatic heterocycles. The molecule has 0 spiro atoms. The third-order valence-electron chi connectivity index (χ3n) is 1.83. The van der Waals surface area contributed by atoms with Gasteiger partial charge in [-0.3, -0.25) is 0 Å². The second-order valence-corrected chi connectivity index (χ2v) is 3.46. The van der Waals surface area contributed by atoms with Gasteiger partial charge in [0.1, 0.15) is 0 Å². The van der Waals surface area contributed by atoms with Crippen LogP contribution in [0.4, 0.5) is 5.82 Å². The van der Waals surface area contributed by atoms with Crippen molar-refractivity contribution in [2.45, 2.75) is 25.8 Å². The van der Waals surface area contributed by atoms with Gasteiger partial charge in [-0.25, -0.2) is 9.97 Å². The van der Waals surface area contributed by atoms with E-state index in [0.29, 0.717) is 11.0 Å². The van der Waals surface area contributed by atoms with E-state index in [1.54, 1.807) is 12.4 Å². The van der Waals surface area contributed by atoms with Crippen LogP contribution in [0, 0.1) is 0 Å². The maximum absolute atomic E-state index is 8.65. The summed E-state index contributed by atoms with van der Waals surface area (Å²) in [4.78, 5) is 7.96. The molecule has 78 valence electrons. The Bertz CT molecular complexity index is 283. The largest absolute Gasteiger partial charge is 0.396 e. The molecule has 0 fully saturated rings. The van der Waals surface area contributed by atoms with Gasteiger partial charge in [-0.2, -0.15) is 0 Å². The third kappa shape index (κ3) is 3.47. The molecule has 0 amide bonds. The highest BCUT2D eigenvalue weighted by molar-refractivity contribution is 6.31. The Morgan fingerprint density at radius 2 is 2.21 bits per heavy atom. The Hall–Kier alpha value is -0.870. The molecule has 0 aliphatic carbocycles. The molecule has 0 aromatic carbocycles. The number of nitrogens with one attached hydrogen (secondary N) is 1. The number of aromatic nitrogens is 2. The Balaban J connectivity index is 2.47. The summed E-state index contributed by atoms with van der Waals surface area (Å²) < 4.78 is 0. The van der Waals surface area contributed by atoms with Crippen molar-refractivity contribution >= 4 is 17.4 Å². The fourth-order valence-electron chi connectivity index (χ4n) is 1.12. The first-order valence-electron chi connectivity index (χ1n) is 4.58. The Labute approximate surface area is 88.3 Å². The number of aliphatic hydroxyl groups excluding tert-OH is 1. The monoisotopic (exact) mass is 215 g/mol. The standard InChI is InChI=1S/C9H14ClN3O/c1-7(3-2-6-14)13-9-8(10)11-4-5-12-9/h4-5,7,14H,2-3,6H2,1H3,(H,12,13). The molecule has 0 saturated heterocycles. The quantitative estimate of drug-likeness (QED) is 0.785. The van der Waals surface area contributed by atoms with Crippen LogP contribution in [-0.4, -0.2) is 27.7 Å². The molecule has 0 aliphatic rings. The van der Waals surface area contributed by atoms with E-state index in [-0.39, 0.29) is 12.6 Å². The number of hydrogen-bond donors (Lipinski definition) is 2. The van der Waals surface area contributed by atoms with Crippen molar-refractivity contribution in [3.63, 3.8) is 0 Å². The minimum atomic E-state index is 0.209. The smallest absolute Gasteiger partial charge is 0.171 e. The SMILES string of the molecule is CC(CCCO)Nc1nccnc1Cl. The van der Waals surface area contributed by atoms with Gasteiger partial charge in [-0.15, -0.1) is 0 Å². The van der Waals surface area contributed by atoms with Gasteiger partial charge in [0.15, 0.2) is 11.0 Å². The average Bonchev–Trinajstić information content (AvgIpc) is 2.18. The first-order valence-corrected chi connectivity index (χ1v) is 4.95. The van der Waals surface area contributed by atoms with Gasteiger partial charge in [0, 0.05) is 25.0 Å². The fourth-order valence-corrected chi connectivity index (χ4v) is 1.28. The summed E-state index contributed by atoms with van der Waals surface area (Å²) in [5, 5.41) is 12.2. The molecule has 1 atom stereocenters. The number of nitrogens with zero attached hydrogens (tertiary/aromatic N) is 2. The van der Waals surface area contributed by atoms with Crippen LogP contribution in [0.2, 0.25) is 5.15 Å². The lowest BCUT2D eigenvalue weighted by atomic mass is 10.2. The van der Waals surface area contributed by atoms with E-state index in [9.17, 15) is 0 Å². The van der Waals surface area contributed by atoms with E-state index in [1.165, 1.54) is 0 Å². The molecule has 5 heteroatoms. The second-order valence-electron chi connectivity index (χ2n) is 3.11. The minimum absolute atomic E-state index is 0.209. The van der Waals surface area contributed by atoms with Crippen LogP contribution in [0.5, 0.6) is 0 Å². The van der Waals surface area contributed by atoms with Gasteiger partial charge in [-0.05, 0) is 19.8 Å². The molecule has 1 rings (SSSR count). The summed E-state index contributed by atoms with van der Waals surface area (Å²) in [6.45, 7) is 2.22. The first-order chi connectivity index (χ1) is 6.74. The maximum Gasteiger partial charge on any atom is 0.171 e. The average molecular weight is 216 g/mol. The van der Waals surface area contributed by atoms with Crippen LogP contribution in [0.3, 0.4) is 0 Å². The Morgan fingerprint density at radius 1 is 1.50 bits per heavy atom. The molecule has 1 aromatic rings. The summed E-state index contributed by atoms with van der Waals surface area (Å²) in [7, 11) is 0. The van der Waals surface area contributed by atoms with Crippen LogP contribution in [0.15, 0.2) is 12.4 Å². The zero-order valence-corrected chi connectivity index (χ0v) is 8.83. The van der Waals surface area contributed by atoms with E-state index in [2.05, 4.69) is 15.3 Å². The van der Waals surface area contributed by atoms with E-state index < -0.39 is 0 Å². The molecular formula is C9H14ClN3O. The predicted molar refractivity (Wildman–Crippen MR) is 56.4 cm³/mol. The lowest BCUT2D eigenvalue weighted by Crippen LogP contribution is -2.16. The molecule has 1 aromatic heterocycles. The highest BCUT2D eigenvalue weighted by Crippen LogP contribution is 2.16. The van der Waals surface area contributed by atoms with Crippen LogP contribution in [-0.2, 0) is 0 Å². The topological polar surface area (TPSA) is 58.0 Å². The summed E-state index contributed by atoms with van der Waals surface area (Å²) >= 11 is 5.82. The molecule has 1 heterocycles. The highest BCUT2D eigenvalue weighted by atomic mass is 35.5. The molecule has 1 unspecified atom stereocenters. The van der Waals surface area contributed by atoms with Crippen molar-refractivity contribution in [2.75, 3.05) is 11.9 Å². The fraction of sp³-hybridized carbons (Fsp3) is 0.556. The lowest BCUT2D eigenvalue weighted by Gasteiger charge is -2.13. The van der Waals surface area contributed by atoms with E-state index in [0.717, 1.165) is 12.8 Å². The highest BCUT2D eigenvalue weighted by Gasteiger charge is 2.05. The molecule has 0 bridgehead atoms. The van der Waals surface area contributed by atoms with Crippen LogP contribution in [0.1, 0.15) is 19.8 Å². The maximum atomic E-state index is 8.65. The van der Waals surface area contributed by atoms with Crippen molar-refractivity contribution in [3.05, 3.63) is 17.5 Å². The van der Waals surface area contributed by atoms with Crippen molar-refractivity contribution in [1.82, 2.24) is 9.97 Å². The number of aliphatic hydroxyl groups is 1. The van der Waals surface area contributed by atoms with E-state index in [4.69, 9.17) is 16.7 Å². The number of hydrogen-bond acceptors (Lipinski definition) is 4. The molecule has 4 nitrogen and oxygen atoms in total. The predicted octanol–water partition coefficient (Wildman–Crippen LogP) is 1.70. The molecule has 0 saturated carbocycles. The second kappa shape index (κ2) is 5.78. The third-order valence-corrected chi connectivity index (χ3v) is 2.11. The lowest BCUT2D eigenvalue weighted by molar-refractivity contribution is 0.282. The van der Waals surface area contributed by atoms with E-state index >= 15 is 0 Å². The number of rotatable bonds is 5. The van der Waals surface area contributed by atoms with Gasteiger partial charge < -0.3 is 10.4 Å². The first kappa shape index (κ1) is 11.2. The molecule has 2 N–H and O–H groups in total. The van der Waals surface area contributed by atoms with Gasteiger partial charge in [0.25, 0.3) is 0 Å². The summed E-state index contributed by atoms with van der Waals surface area (Å²) in [5.74, 6) is 0.597. The molecule has 0 radical (unpaired) electrons. The van der Waals surface area contributed by atoms with Gasteiger partial charge in [0.2, 0.25) is 0 Å². The van der Waals surface area contributed by atoms with Crippen LogP contribution >= 0.6 is 11.6 Å². The zero-order chi connectivity index (χ0) is 10.4. The van der Waals surface area contributed by atoms with E-state index in [1.807, 2.05) is 6.92 Å². The van der Waals surface area contributed by atoms with Gasteiger partial charge in [0.05, 0.1) is 0 Å². The zero-order valence-electron chi connectivity index (χ0n) is 8.07. The van der Waals surface area contributed by atoms with Crippen molar-refractivity contribution in [3.8, 4) is 0 Å². The Morgan fingerprint density at radius 3 is 2.86 bits per heavy atom. The van der Waals surface area contributed by atoms with Crippen LogP contribution < -0.4 is 5.32 Å². The van der Waals surface area contributed by atoms with Crippen molar-refractivity contribution < 1.29 is 5.11 Å².